The molecule has 100 valence electrons. The first kappa shape index (κ1) is 13.1. The van der Waals surface area contributed by atoms with Crippen LogP contribution < -0.4 is 10.6 Å². The zero-order valence-electron chi connectivity index (χ0n) is 11.1. The van der Waals surface area contributed by atoms with Crippen LogP contribution in [0.2, 0.25) is 0 Å². The van der Waals surface area contributed by atoms with Crippen molar-refractivity contribution in [1.82, 2.24) is 20.1 Å². The van der Waals surface area contributed by atoms with Gasteiger partial charge in [0.15, 0.2) is 0 Å². The van der Waals surface area contributed by atoms with Crippen LogP contribution in [0.15, 0.2) is 30.6 Å². The lowest BCUT2D eigenvalue weighted by Crippen LogP contribution is -2.19. The molecule has 0 radical (unpaired) electrons. The third-order valence-corrected chi connectivity index (χ3v) is 2.70. The minimum absolute atomic E-state index is 0.187. The minimum Gasteiger partial charge on any atom is -0.385 e. The van der Waals surface area contributed by atoms with Gasteiger partial charge in [0.1, 0.15) is 5.69 Å². The summed E-state index contributed by atoms with van der Waals surface area (Å²) in [5, 5.41) is 10.1. The summed E-state index contributed by atoms with van der Waals surface area (Å²) in [5.74, 6) is -0.187. The van der Waals surface area contributed by atoms with Crippen molar-refractivity contribution >= 4 is 11.6 Å². The SMILES string of the molecule is CNC(=O)c1cc(NCCc2ccn(C)n2)ccn1. The van der Waals surface area contributed by atoms with Crippen molar-refractivity contribution in [3.05, 3.63) is 42.0 Å². The van der Waals surface area contributed by atoms with E-state index >= 15 is 0 Å². The molecule has 0 aromatic carbocycles. The fraction of sp³-hybridized carbons (Fsp3) is 0.308. The monoisotopic (exact) mass is 259 g/mol. The van der Waals surface area contributed by atoms with Crippen LogP contribution in [0, 0.1) is 0 Å². The zero-order valence-corrected chi connectivity index (χ0v) is 11.1. The number of nitrogens with zero attached hydrogens (tertiary/aromatic N) is 3. The summed E-state index contributed by atoms with van der Waals surface area (Å²) < 4.78 is 1.78. The summed E-state index contributed by atoms with van der Waals surface area (Å²) >= 11 is 0. The molecule has 0 aliphatic heterocycles. The van der Waals surface area contributed by atoms with E-state index in [0.29, 0.717) is 5.69 Å². The number of hydrogen-bond donors (Lipinski definition) is 2. The van der Waals surface area contributed by atoms with E-state index < -0.39 is 0 Å². The predicted molar refractivity (Wildman–Crippen MR) is 73.0 cm³/mol. The van der Waals surface area contributed by atoms with Gasteiger partial charge >= 0.3 is 0 Å². The molecule has 6 nitrogen and oxygen atoms in total. The number of aryl methyl sites for hydroxylation is 1. The number of aromatic nitrogens is 3. The van der Waals surface area contributed by atoms with E-state index in [-0.39, 0.29) is 5.91 Å². The molecule has 0 aliphatic carbocycles. The van der Waals surface area contributed by atoms with Crippen molar-refractivity contribution < 1.29 is 4.79 Å². The van der Waals surface area contributed by atoms with Crippen LogP contribution in [0.4, 0.5) is 5.69 Å². The highest BCUT2D eigenvalue weighted by atomic mass is 16.1. The second kappa shape index (κ2) is 5.99. The number of carbonyl (C=O) groups is 1. The van der Waals surface area contributed by atoms with E-state index in [1.807, 2.05) is 25.4 Å². The molecular weight excluding hydrogens is 242 g/mol. The summed E-state index contributed by atoms with van der Waals surface area (Å²) in [7, 11) is 3.49. The maximum atomic E-state index is 11.4. The lowest BCUT2D eigenvalue weighted by molar-refractivity contribution is 0.0958. The highest BCUT2D eigenvalue weighted by Crippen LogP contribution is 2.08. The van der Waals surface area contributed by atoms with E-state index in [1.165, 1.54) is 0 Å². The molecule has 0 fully saturated rings. The lowest BCUT2D eigenvalue weighted by atomic mass is 10.2. The summed E-state index contributed by atoms with van der Waals surface area (Å²) in [5.41, 5.74) is 2.32. The number of nitrogens with one attached hydrogen (secondary N) is 2. The number of pyridine rings is 1. The van der Waals surface area contributed by atoms with Gasteiger partial charge < -0.3 is 10.6 Å². The summed E-state index contributed by atoms with van der Waals surface area (Å²) in [6.07, 6.45) is 4.37. The molecule has 19 heavy (non-hydrogen) atoms. The van der Waals surface area contributed by atoms with Crippen molar-refractivity contribution in [2.24, 2.45) is 7.05 Å². The Balaban J connectivity index is 1.90. The molecule has 6 heteroatoms. The maximum Gasteiger partial charge on any atom is 0.269 e. The van der Waals surface area contributed by atoms with Crippen LogP contribution in [0.25, 0.3) is 0 Å². The van der Waals surface area contributed by atoms with E-state index in [9.17, 15) is 4.79 Å². The van der Waals surface area contributed by atoms with E-state index in [2.05, 4.69) is 20.7 Å². The van der Waals surface area contributed by atoms with Gasteiger partial charge in [0.05, 0.1) is 5.69 Å². The Bertz CT molecular complexity index is 564. The van der Waals surface area contributed by atoms with Crippen molar-refractivity contribution in [1.29, 1.82) is 0 Å². The van der Waals surface area contributed by atoms with Crippen molar-refractivity contribution in [3.8, 4) is 0 Å². The van der Waals surface area contributed by atoms with Gasteiger partial charge in [-0.25, -0.2) is 0 Å². The molecule has 0 bridgehead atoms. The smallest absolute Gasteiger partial charge is 0.269 e. The third-order valence-electron chi connectivity index (χ3n) is 2.70. The average molecular weight is 259 g/mol. The first-order valence-corrected chi connectivity index (χ1v) is 6.09. The molecular formula is C13H17N5O. The minimum atomic E-state index is -0.187. The first-order valence-electron chi connectivity index (χ1n) is 6.09. The summed E-state index contributed by atoms with van der Waals surface area (Å²) in [4.78, 5) is 15.5. The second-order valence-corrected chi connectivity index (χ2v) is 4.17. The highest BCUT2D eigenvalue weighted by Gasteiger charge is 2.05. The topological polar surface area (TPSA) is 71.8 Å². The van der Waals surface area contributed by atoms with Gasteiger partial charge in [-0.15, -0.1) is 0 Å². The molecule has 1 amide bonds. The fourth-order valence-corrected chi connectivity index (χ4v) is 1.72. The van der Waals surface area contributed by atoms with Crippen molar-refractivity contribution in [3.63, 3.8) is 0 Å². The van der Waals surface area contributed by atoms with Crippen LogP contribution in [-0.2, 0) is 13.5 Å². The molecule has 0 unspecified atom stereocenters. The number of hydrogen-bond acceptors (Lipinski definition) is 4. The molecule has 0 saturated carbocycles. The number of anilines is 1. The third kappa shape index (κ3) is 3.54. The fourth-order valence-electron chi connectivity index (χ4n) is 1.72. The largest absolute Gasteiger partial charge is 0.385 e. The van der Waals surface area contributed by atoms with Crippen LogP contribution in [-0.4, -0.2) is 34.3 Å². The zero-order chi connectivity index (χ0) is 13.7. The van der Waals surface area contributed by atoms with Crippen LogP contribution >= 0.6 is 0 Å². The van der Waals surface area contributed by atoms with Crippen LogP contribution in [0.1, 0.15) is 16.2 Å². The van der Waals surface area contributed by atoms with E-state index in [0.717, 1.165) is 24.3 Å². The Morgan fingerprint density at radius 1 is 1.42 bits per heavy atom. The first-order chi connectivity index (χ1) is 9.19. The van der Waals surface area contributed by atoms with E-state index in [4.69, 9.17) is 0 Å². The van der Waals surface area contributed by atoms with E-state index in [1.54, 1.807) is 24.0 Å². The molecule has 2 rings (SSSR count). The standard InChI is InChI=1S/C13H17N5O/c1-14-13(19)12-9-11(4-7-16-12)15-6-3-10-5-8-18(2)17-10/h4-5,7-9H,3,6H2,1-2H3,(H,14,19)(H,15,16). The Hall–Kier alpha value is -2.37. The van der Waals surface area contributed by atoms with Gasteiger partial charge in [0.2, 0.25) is 0 Å². The van der Waals surface area contributed by atoms with Gasteiger partial charge in [0, 0.05) is 45.1 Å². The molecule has 0 aliphatic rings. The molecule has 0 atom stereocenters. The van der Waals surface area contributed by atoms with Gasteiger partial charge in [0.25, 0.3) is 5.91 Å². The second-order valence-electron chi connectivity index (χ2n) is 4.17. The predicted octanol–water partition coefficient (Wildman–Crippen LogP) is 0.829. The normalized spacial score (nSPS) is 10.2. The molecule has 2 aromatic heterocycles. The molecule has 0 spiro atoms. The summed E-state index contributed by atoms with van der Waals surface area (Å²) in [6, 6.07) is 5.56. The summed E-state index contributed by atoms with van der Waals surface area (Å²) in [6.45, 7) is 0.758. The van der Waals surface area contributed by atoms with Gasteiger partial charge in [-0.05, 0) is 18.2 Å². The molecule has 0 saturated heterocycles. The highest BCUT2D eigenvalue weighted by molar-refractivity contribution is 5.92. The Morgan fingerprint density at radius 3 is 2.95 bits per heavy atom. The number of amides is 1. The Morgan fingerprint density at radius 2 is 2.26 bits per heavy atom. The quantitative estimate of drug-likeness (QED) is 0.834. The van der Waals surface area contributed by atoms with Crippen LogP contribution in [0.5, 0.6) is 0 Å². The number of carbonyl (C=O) groups excluding carboxylic acids is 1. The van der Waals surface area contributed by atoms with Crippen LogP contribution in [0.3, 0.4) is 0 Å². The molecule has 2 heterocycles. The molecule has 2 aromatic rings. The van der Waals surface area contributed by atoms with Crippen molar-refractivity contribution in [2.45, 2.75) is 6.42 Å². The molecule has 2 N–H and O–H groups in total. The Labute approximate surface area is 111 Å². The lowest BCUT2D eigenvalue weighted by Gasteiger charge is -2.06. The van der Waals surface area contributed by atoms with Gasteiger partial charge in [-0.3, -0.25) is 14.5 Å². The maximum absolute atomic E-state index is 11.4. The average Bonchev–Trinajstić information content (AvgIpc) is 2.84. The Kier molecular flexibility index (Phi) is 4.12. The van der Waals surface area contributed by atoms with Crippen molar-refractivity contribution in [2.75, 3.05) is 18.9 Å². The number of rotatable bonds is 5. The van der Waals surface area contributed by atoms with Gasteiger partial charge in [-0.1, -0.05) is 0 Å². The van der Waals surface area contributed by atoms with Gasteiger partial charge in [-0.2, -0.15) is 5.10 Å².